The molecule has 23 heavy (non-hydrogen) atoms. The maximum Gasteiger partial charge on any atom is 0.223 e. The molecule has 0 spiro atoms. The van der Waals surface area contributed by atoms with Crippen molar-refractivity contribution >= 4 is 29.3 Å². The van der Waals surface area contributed by atoms with Crippen LogP contribution in [0.1, 0.15) is 32.1 Å². The van der Waals surface area contributed by atoms with Gasteiger partial charge in [-0.1, -0.05) is 24.4 Å². The van der Waals surface area contributed by atoms with Crippen molar-refractivity contribution in [2.45, 2.75) is 43.0 Å². The van der Waals surface area contributed by atoms with Crippen LogP contribution in [-0.4, -0.2) is 53.7 Å². The Morgan fingerprint density at radius 2 is 1.74 bits per heavy atom. The Morgan fingerprint density at radius 3 is 2.39 bits per heavy atom. The van der Waals surface area contributed by atoms with Crippen LogP contribution in [0.15, 0.2) is 29.2 Å². The molecule has 5 heteroatoms. The maximum absolute atomic E-state index is 12.3. The Labute approximate surface area is 148 Å². The second-order valence-electron chi connectivity index (χ2n) is 6.41. The number of hydrogen-bond acceptors (Lipinski definition) is 3. The van der Waals surface area contributed by atoms with Crippen molar-refractivity contribution in [1.29, 1.82) is 0 Å². The monoisotopic (exact) mass is 352 g/mol. The minimum Gasteiger partial charge on any atom is -0.340 e. The van der Waals surface area contributed by atoms with E-state index < -0.39 is 0 Å². The number of benzene rings is 1. The molecule has 1 amide bonds. The zero-order chi connectivity index (χ0) is 16.1. The predicted molar refractivity (Wildman–Crippen MR) is 97.2 cm³/mol. The van der Waals surface area contributed by atoms with Crippen LogP contribution in [0, 0.1) is 0 Å². The Hall–Kier alpha value is -0.710. The van der Waals surface area contributed by atoms with Gasteiger partial charge in [-0.3, -0.25) is 9.69 Å². The fourth-order valence-electron chi connectivity index (χ4n) is 3.55. The number of hydrogen-bond donors (Lipinski definition) is 0. The van der Waals surface area contributed by atoms with Crippen molar-refractivity contribution in [2.75, 3.05) is 31.9 Å². The van der Waals surface area contributed by atoms with Crippen LogP contribution < -0.4 is 0 Å². The van der Waals surface area contributed by atoms with Gasteiger partial charge in [-0.15, -0.1) is 11.8 Å². The van der Waals surface area contributed by atoms with Crippen molar-refractivity contribution in [1.82, 2.24) is 9.80 Å². The van der Waals surface area contributed by atoms with Crippen molar-refractivity contribution in [3.05, 3.63) is 29.3 Å². The van der Waals surface area contributed by atoms with E-state index in [2.05, 4.69) is 4.90 Å². The molecule has 1 aromatic carbocycles. The second kappa shape index (κ2) is 8.41. The average molecular weight is 353 g/mol. The number of amides is 1. The van der Waals surface area contributed by atoms with Crippen LogP contribution in [0.5, 0.6) is 0 Å². The smallest absolute Gasteiger partial charge is 0.223 e. The summed E-state index contributed by atoms with van der Waals surface area (Å²) in [4.78, 5) is 18.2. The molecule has 2 aliphatic rings. The molecule has 0 radical (unpaired) electrons. The molecule has 1 aliphatic heterocycles. The summed E-state index contributed by atoms with van der Waals surface area (Å²) in [6.45, 7) is 3.92. The molecule has 1 saturated carbocycles. The van der Waals surface area contributed by atoms with Crippen molar-refractivity contribution < 1.29 is 4.79 Å². The summed E-state index contributed by atoms with van der Waals surface area (Å²) in [5, 5.41) is 0.755. The molecule has 0 bridgehead atoms. The molecule has 0 unspecified atom stereocenters. The molecule has 0 atom stereocenters. The number of thioether (sulfide) groups is 1. The zero-order valence-corrected chi connectivity index (χ0v) is 15.1. The van der Waals surface area contributed by atoms with E-state index >= 15 is 0 Å². The summed E-state index contributed by atoms with van der Waals surface area (Å²) >= 11 is 7.61. The van der Waals surface area contributed by atoms with Gasteiger partial charge in [0, 0.05) is 54.3 Å². The van der Waals surface area contributed by atoms with Crippen LogP contribution in [0.4, 0.5) is 0 Å². The molecular formula is C18H25ClN2OS. The SMILES string of the molecule is O=C(CCSc1ccc(Cl)cc1)N1CCN(C2CCCC2)CC1. The van der Waals surface area contributed by atoms with Gasteiger partial charge in [-0.2, -0.15) is 0 Å². The van der Waals surface area contributed by atoms with E-state index in [-0.39, 0.29) is 0 Å². The quantitative estimate of drug-likeness (QED) is 0.751. The lowest BCUT2D eigenvalue weighted by atomic mass is 10.2. The highest BCUT2D eigenvalue weighted by molar-refractivity contribution is 7.99. The number of carbonyl (C=O) groups is 1. The van der Waals surface area contributed by atoms with E-state index in [1.165, 1.54) is 30.6 Å². The van der Waals surface area contributed by atoms with Crippen molar-refractivity contribution in [3.63, 3.8) is 0 Å². The third-order valence-corrected chi connectivity index (χ3v) is 6.17. The van der Waals surface area contributed by atoms with E-state index in [9.17, 15) is 4.79 Å². The Kier molecular flexibility index (Phi) is 6.26. The predicted octanol–water partition coefficient (Wildman–Crippen LogP) is 3.91. The van der Waals surface area contributed by atoms with Gasteiger partial charge in [0.2, 0.25) is 5.91 Å². The molecule has 3 rings (SSSR count). The fraction of sp³-hybridized carbons (Fsp3) is 0.611. The fourth-order valence-corrected chi connectivity index (χ4v) is 4.52. The number of nitrogens with zero attached hydrogens (tertiary/aromatic N) is 2. The van der Waals surface area contributed by atoms with E-state index in [4.69, 9.17) is 11.6 Å². The Balaban J connectivity index is 1.36. The standard InChI is InChI=1S/C18H25ClN2OS/c19-15-5-7-17(8-6-15)23-14-9-18(22)21-12-10-20(11-13-21)16-3-1-2-4-16/h5-8,16H,1-4,9-14H2. The minimum atomic E-state index is 0.303. The van der Waals surface area contributed by atoms with Crippen molar-refractivity contribution in [3.8, 4) is 0 Å². The van der Waals surface area contributed by atoms with E-state index in [0.29, 0.717) is 12.3 Å². The minimum absolute atomic E-state index is 0.303. The first-order valence-corrected chi connectivity index (χ1v) is 9.99. The molecule has 2 fully saturated rings. The zero-order valence-electron chi connectivity index (χ0n) is 13.5. The second-order valence-corrected chi connectivity index (χ2v) is 8.01. The molecule has 126 valence electrons. The summed E-state index contributed by atoms with van der Waals surface area (Å²) in [5.41, 5.74) is 0. The lowest BCUT2D eigenvalue weighted by Gasteiger charge is -2.38. The largest absolute Gasteiger partial charge is 0.340 e. The number of rotatable bonds is 5. The van der Waals surface area contributed by atoms with Gasteiger partial charge >= 0.3 is 0 Å². The third-order valence-electron chi connectivity index (χ3n) is 4.91. The molecule has 1 heterocycles. The first kappa shape index (κ1) is 17.1. The van der Waals surface area contributed by atoms with E-state index in [1.807, 2.05) is 29.2 Å². The molecule has 3 nitrogen and oxygen atoms in total. The first-order valence-electron chi connectivity index (χ1n) is 8.62. The highest BCUT2D eigenvalue weighted by Crippen LogP contribution is 2.25. The highest BCUT2D eigenvalue weighted by atomic mass is 35.5. The number of piperazine rings is 1. The topological polar surface area (TPSA) is 23.6 Å². The van der Waals surface area contributed by atoms with Crippen LogP contribution in [-0.2, 0) is 4.79 Å². The molecule has 1 aromatic rings. The first-order chi connectivity index (χ1) is 11.2. The normalized spacial score (nSPS) is 20.1. The number of halogens is 1. The summed E-state index contributed by atoms with van der Waals surface area (Å²) in [5.74, 6) is 1.14. The maximum atomic E-state index is 12.3. The van der Waals surface area contributed by atoms with E-state index in [0.717, 1.165) is 43.0 Å². The van der Waals surface area contributed by atoms with Gasteiger partial charge in [0.25, 0.3) is 0 Å². The molecular weight excluding hydrogens is 328 g/mol. The number of carbonyl (C=O) groups excluding carboxylic acids is 1. The molecule has 0 aromatic heterocycles. The highest BCUT2D eigenvalue weighted by Gasteiger charge is 2.27. The Bertz CT molecular complexity index is 508. The van der Waals surface area contributed by atoms with Gasteiger partial charge in [0.05, 0.1) is 0 Å². The van der Waals surface area contributed by atoms with E-state index in [1.54, 1.807) is 11.8 Å². The van der Waals surface area contributed by atoms with Gasteiger partial charge < -0.3 is 4.90 Å². The van der Waals surface area contributed by atoms with Crippen LogP contribution in [0.25, 0.3) is 0 Å². The lowest BCUT2D eigenvalue weighted by molar-refractivity contribution is -0.132. The van der Waals surface area contributed by atoms with Crippen molar-refractivity contribution in [2.24, 2.45) is 0 Å². The molecule has 1 aliphatic carbocycles. The third kappa shape index (κ3) is 4.88. The average Bonchev–Trinajstić information content (AvgIpc) is 3.11. The van der Waals surface area contributed by atoms with Gasteiger partial charge in [0.15, 0.2) is 0 Å². The van der Waals surface area contributed by atoms with Gasteiger partial charge in [-0.25, -0.2) is 0 Å². The van der Waals surface area contributed by atoms with Crippen LogP contribution in [0.3, 0.4) is 0 Å². The van der Waals surface area contributed by atoms with Gasteiger partial charge in [0.1, 0.15) is 0 Å². The van der Waals surface area contributed by atoms with Gasteiger partial charge in [-0.05, 0) is 37.1 Å². The van der Waals surface area contributed by atoms with Crippen LogP contribution >= 0.6 is 23.4 Å². The summed E-state index contributed by atoms with van der Waals surface area (Å²) in [7, 11) is 0. The summed E-state index contributed by atoms with van der Waals surface area (Å²) in [6.07, 6.45) is 6.09. The summed E-state index contributed by atoms with van der Waals surface area (Å²) in [6, 6.07) is 8.60. The lowest BCUT2D eigenvalue weighted by Crippen LogP contribution is -2.51. The van der Waals surface area contributed by atoms with Crippen LogP contribution in [0.2, 0.25) is 5.02 Å². The Morgan fingerprint density at radius 1 is 1.09 bits per heavy atom. The molecule has 1 saturated heterocycles. The molecule has 0 N–H and O–H groups in total. The summed E-state index contributed by atoms with van der Waals surface area (Å²) < 4.78 is 0.